The van der Waals surface area contributed by atoms with Crippen LogP contribution < -0.4 is 0 Å². The van der Waals surface area contributed by atoms with Crippen molar-refractivity contribution in [2.75, 3.05) is 7.11 Å². The average Bonchev–Trinajstić information content (AvgIpc) is 2.11. The van der Waals surface area contributed by atoms with E-state index in [4.69, 9.17) is 34.8 Å². The van der Waals surface area contributed by atoms with Gasteiger partial charge in [-0.25, -0.2) is 0 Å². The van der Waals surface area contributed by atoms with E-state index < -0.39 is 10.1 Å². The Bertz CT molecular complexity index is 455. The third kappa shape index (κ3) is 2.32. The summed E-state index contributed by atoms with van der Waals surface area (Å²) in [6, 6.07) is 2.39. The summed E-state index contributed by atoms with van der Waals surface area (Å²) in [7, 11) is -2.81. The Morgan fingerprint density at radius 2 is 1.57 bits per heavy atom. The van der Waals surface area contributed by atoms with E-state index in [-0.39, 0.29) is 20.0 Å². The fourth-order valence-electron chi connectivity index (χ4n) is 0.786. The molecule has 0 aliphatic rings. The first-order valence-corrected chi connectivity index (χ1v) is 5.88. The second kappa shape index (κ2) is 4.24. The fourth-order valence-corrected chi connectivity index (χ4v) is 2.42. The maximum absolute atomic E-state index is 11.3. The predicted molar refractivity (Wildman–Crippen MR) is 55.7 cm³/mol. The van der Waals surface area contributed by atoms with Crippen LogP contribution in [0, 0.1) is 0 Å². The van der Waals surface area contributed by atoms with Gasteiger partial charge in [0, 0.05) is 0 Å². The fraction of sp³-hybridized carbons (Fsp3) is 0.143. The Balaban J connectivity index is 3.45. The molecular formula is C7H5Cl3O3S. The molecule has 0 atom stereocenters. The van der Waals surface area contributed by atoms with Crippen molar-refractivity contribution in [1.82, 2.24) is 0 Å². The molecule has 0 saturated carbocycles. The van der Waals surface area contributed by atoms with Gasteiger partial charge in [-0.2, -0.15) is 8.42 Å². The highest BCUT2D eigenvalue weighted by atomic mass is 35.5. The highest BCUT2D eigenvalue weighted by Crippen LogP contribution is 2.32. The van der Waals surface area contributed by atoms with Gasteiger partial charge in [0.15, 0.2) is 0 Å². The molecule has 0 saturated heterocycles. The van der Waals surface area contributed by atoms with Gasteiger partial charge in [-0.15, -0.1) is 0 Å². The van der Waals surface area contributed by atoms with E-state index in [2.05, 4.69) is 4.18 Å². The lowest BCUT2D eigenvalue weighted by Gasteiger charge is -2.05. The van der Waals surface area contributed by atoms with Gasteiger partial charge >= 0.3 is 0 Å². The van der Waals surface area contributed by atoms with Crippen LogP contribution in [0.3, 0.4) is 0 Å². The van der Waals surface area contributed by atoms with Gasteiger partial charge in [-0.1, -0.05) is 34.8 Å². The van der Waals surface area contributed by atoms with Crippen LogP contribution in [-0.4, -0.2) is 15.5 Å². The first-order valence-electron chi connectivity index (χ1n) is 3.33. The van der Waals surface area contributed by atoms with Crippen LogP contribution in [0.25, 0.3) is 0 Å². The quantitative estimate of drug-likeness (QED) is 0.615. The summed E-state index contributed by atoms with van der Waals surface area (Å²) in [5.74, 6) is 0. The van der Waals surface area contributed by atoms with Crippen molar-refractivity contribution in [2.45, 2.75) is 4.90 Å². The Kier molecular flexibility index (Phi) is 3.66. The zero-order chi connectivity index (χ0) is 10.9. The summed E-state index contributed by atoms with van der Waals surface area (Å²) in [4.78, 5) is -0.198. The minimum Gasteiger partial charge on any atom is -0.270 e. The highest BCUT2D eigenvalue weighted by molar-refractivity contribution is 7.86. The highest BCUT2D eigenvalue weighted by Gasteiger charge is 2.19. The first-order chi connectivity index (χ1) is 6.38. The van der Waals surface area contributed by atoms with Crippen LogP contribution in [0.2, 0.25) is 15.1 Å². The summed E-state index contributed by atoms with van der Waals surface area (Å²) >= 11 is 16.9. The molecule has 0 heterocycles. The number of rotatable bonds is 2. The van der Waals surface area contributed by atoms with Crippen molar-refractivity contribution < 1.29 is 12.6 Å². The van der Waals surface area contributed by atoms with E-state index >= 15 is 0 Å². The van der Waals surface area contributed by atoms with E-state index in [0.29, 0.717) is 0 Å². The molecule has 1 aromatic carbocycles. The third-order valence-corrected chi connectivity index (χ3v) is 3.93. The molecule has 7 heteroatoms. The van der Waals surface area contributed by atoms with Crippen molar-refractivity contribution in [2.24, 2.45) is 0 Å². The largest absolute Gasteiger partial charge is 0.298 e. The number of hydrogen-bond acceptors (Lipinski definition) is 3. The number of halogens is 3. The molecule has 0 aliphatic carbocycles. The van der Waals surface area contributed by atoms with Crippen LogP contribution in [0.15, 0.2) is 17.0 Å². The summed E-state index contributed by atoms with van der Waals surface area (Å²) in [6.45, 7) is 0. The molecule has 0 amide bonds. The molecule has 1 aromatic rings. The zero-order valence-corrected chi connectivity index (χ0v) is 10.0. The average molecular weight is 276 g/mol. The van der Waals surface area contributed by atoms with Crippen molar-refractivity contribution in [3.05, 3.63) is 27.2 Å². The molecule has 0 bridgehead atoms. The van der Waals surface area contributed by atoms with E-state index in [0.717, 1.165) is 13.2 Å². The lowest BCUT2D eigenvalue weighted by atomic mass is 10.4. The summed E-state index contributed by atoms with van der Waals surface area (Å²) in [6.07, 6.45) is 0. The number of benzene rings is 1. The van der Waals surface area contributed by atoms with Gasteiger partial charge in [0.2, 0.25) is 0 Å². The van der Waals surface area contributed by atoms with E-state index in [1.165, 1.54) is 6.07 Å². The van der Waals surface area contributed by atoms with Crippen molar-refractivity contribution >= 4 is 44.9 Å². The Morgan fingerprint density at radius 3 is 2.07 bits per heavy atom. The lowest BCUT2D eigenvalue weighted by Crippen LogP contribution is -2.03. The van der Waals surface area contributed by atoms with Gasteiger partial charge in [0.1, 0.15) is 4.90 Å². The second-order valence-corrected chi connectivity index (χ2v) is 5.22. The Hall–Kier alpha value is -0.000000000000000111. The van der Waals surface area contributed by atoms with Crippen molar-refractivity contribution in [3.8, 4) is 0 Å². The summed E-state index contributed by atoms with van der Waals surface area (Å²) in [5, 5.41) is 0.264. The molecule has 3 nitrogen and oxygen atoms in total. The smallest absolute Gasteiger partial charge is 0.270 e. The first kappa shape index (κ1) is 12.1. The van der Waals surface area contributed by atoms with Gasteiger partial charge in [-0.05, 0) is 12.1 Å². The second-order valence-electron chi connectivity index (χ2n) is 2.32. The molecule has 0 N–H and O–H groups in total. The molecule has 14 heavy (non-hydrogen) atoms. The molecular weight excluding hydrogens is 270 g/mol. The minimum absolute atomic E-state index is 0.0266. The molecule has 78 valence electrons. The van der Waals surface area contributed by atoms with E-state index in [1.807, 2.05) is 0 Å². The van der Waals surface area contributed by atoms with Gasteiger partial charge in [0.05, 0.1) is 22.2 Å². The summed E-state index contributed by atoms with van der Waals surface area (Å²) < 4.78 is 26.8. The number of hydrogen-bond donors (Lipinski definition) is 0. The third-order valence-electron chi connectivity index (χ3n) is 1.46. The van der Waals surface area contributed by atoms with E-state index in [9.17, 15) is 8.42 Å². The molecule has 0 aromatic heterocycles. The van der Waals surface area contributed by atoms with Crippen LogP contribution >= 0.6 is 34.8 Å². The molecule has 0 radical (unpaired) electrons. The molecule has 0 unspecified atom stereocenters. The maximum atomic E-state index is 11.3. The predicted octanol–water partition coefficient (Wildman–Crippen LogP) is 2.98. The normalized spacial score (nSPS) is 11.7. The SMILES string of the molecule is COS(=O)(=O)c1cc(Cl)c(Cl)cc1Cl. The molecule has 1 rings (SSSR count). The van der Waals surface area contributed by atoms with Crippen molar-refractivity contribution in [3.63, 3.8) is 0 Å². The van der Waals surface area contributed by atoms with Crippen LogP contribution in [-0.2, 0) is 14.3 Å². The summed E-state index contributed by atoms with van der Waals surface area (Å²) in [5.41, 5.74) is 0. The van der Waals surface area contributed by atoms with E-state index in [1.54, 1.807) is 0 Å². The molecule has 0 aliphatic heterocycles. The molecule has 0 fully saturated rings. The topological polar surface area (TPSA) is 43.4 Å². The maximum Gasteiger partial charge on any atom is 0.298 e. The standard InChI is InChI=1S/C7H5Cl3O3S/c1-13-14(11,12)7-3-5(9)4(8)2-6(7)10/h2-3H,1H3. The van der Waals surface area contributed by atoms with Crippen molar-refractivity contribution in [1.29, 1.82) is 0 Å². The molecule has 0 spiro atoms. The van der Waals surface area contributed by atoms with Crippen LogP contribution in [0.4, 0.5) is 0 Å². The van der Waals surface area contributed by atoms with Crippen LogP contribution in [0.1, 0.15) is 0 Å². The minimum atomic E-state index is -3.84. The van der Waals surface area contributed by atoms with Gasteiger partial charge in [0.25, 0.3) is 10.1 Å². The zero-order valence-electron chi connectivity index (χ0n) is 6.92. The lowest BCUT2D eigenvalue weighted by molar-refractivity contribution is 0.398. The van der Waals surface area contributed by atoms with Gasteiger partial charge < -0.3 is 0 Å². The monoisotopic (exact) mass is 274 g/mol. The van der Waals surface area contributed by atoms with Crippen LogP contribution in [0.5, 0.6) is 0 Å². The van der Waals surface area contributed by atoms with Gasteiger partial charge in [-0.3, -0.25) is 4.18 Å². The Labute approximate surface area is 96.7 Å². The Morgan fingerprint density at radius 1 is 1.07 bits per heavy atom.